The number of Topliss-reactive ketones (excluding diaryl/α,β-unsaturated/α-hetero) is 1. The summed E-state index contributed by atoms with van der Waals surface area (Å²) in [5.41, 5.74) is 0.564. The fraction of sp³-hybridized carbons (Fsp3) is 0.500. The van der Waals surface area contributed by atoms with Gasteiger partial charge in [0.2, 0.25) is 0 Å². The van der Waals surface area contributed by atoms with Crippen molar-refractivity contribution in [2.75, 3.05) is 33.9 Å². The van der Waals surface area contributed by atoms with Crippen LogP contribution in [0.3, 0.4) is 0 Å². The smallest absolute Gasteiger partial charge is 0.176 e. The molecule has 6 heteroatoms. The Bertz CT molecular complexity index is 483. The first kappa shape index (κ1) is 15.7. The van der Waals surface area contributed by atoms with E-state index in [1.807, 2.05) is 4.90 Å². The summed E-state index contributed by atoms with van der Waals surface area (Å²) in [5, 5.41) is 0.840. The molecule has 0 radical (unpaired) electrons. The molecule has 0 amide bonds. The Kier molecular flexibility index (Phi) is 5.41. The highest BCUT2D eigenvalue weighted by Gasteiger charge is 2.33. The van der Waals surface area contributed by atoms with Gasteiger partial charge in [-0.3, -0.25) is 9.69 Å². The molecule has 0 saturated carbocycles. The molecular formula is C14H17Cl2NO3. The molecule has 1 heterocycles. The average molecular weight is 318 g/mol. The third-order valence-electron chi connectivity index (χ3n) is 3.51. The summed E-state index contributed by atoms with van der Waals surface area (Å²) in [4.78, 5) is 14.3. The van der Waals surface area contributed by atoms with Gasteiger partial charge >= 0.3 is 0 Å². The Morgan fingerprint density at radius 2 is 1.80 bits per heavy atom. The molecule has 1 fully saturated rings. The number of carbonyl (C=O) groups excluding carboxylic acids is 1. The summed E-state index contributed by atoms with van der Waals surface area (Å²) in [7, 11) is 3.31. The average Bonchev–Trinajstić information content (AvgIpc) is 2.83. The van der Waals surface area contributed by atoms with Crippen molar-refractivity contribution >= 4 is 29.0 Å². The minimum atomic E-state index is 0.00149. The van der Waals surface area contributed by atoms with Crippen molar-refractivity contribution in [1.29, 1.82) is 0 Å². The lowest BCUT2D eigenvalue weighted by molar-refractivity contribution is -0.00461. The second-order valence-corrected chi connectivity index (χ2v) is 5.61. The molecule has 20 heavy (non-hydrogen) atoms. The molecule has 2 rings (SSSR count). The van der Waals surface area contributed by atoms with E-state index in [2.05, 4.69) is 0 Å². The largest absolute Gasteiger partial charge is 0.377 e. The minimum Gasteiger partial charge on any atom is -0.377 e. The number of halogens is 2. The predicted molar refractivity (Wildman–Crippen MR) is 78.8 cm³/mol. The molecule has 0 aliphatic carbocycles. The molecule has 0 spiro atoms. The molecule has 110 valence electrons. The third-order valence-corrected chi connectivity index (χ3v) is 4.24. The van der Waals surface area contributed by atoms with E-state index in [-0.39, 0.29) is 18.0 Å². The highest BCUT2D eigenvalue weighted by Crippen LogP contribution is 2.23. The van der Waals surface area contributed by atoms with Gasteiger partial charge in [-0.2, -0.15) is 0 Å². The van der Waals surface area contributed by atoms with Gasteiger partial charge in [-0.1, -0.05) is 23.2 Å². The fourth-order valence-corrected chi connectivity index (χ4v) is 2.66. The van der Waals surface area contributed by atoms with Crippen LogP contribution in [0.15, 0.2) is 18.2 Å². The van der Waals surface area contributed by atoms with E-state index in [0.717, 1.165) is 0 Å². The van der Waals surface area contributed by atoms with Crippen molar-refractivity contribution in [2.45, 2.75) is 12.2 Å². The van der Waals surface area contributed by atoms with Gasteiger partial charge in [-0.05, 0) is 18.2 Å². The van der Waals surface area contributed by atoms with Crippen LogP contribution >= 0.6 is 23.2 Å². The number of carbonyl (C=O) groups is 1. The molecule has 1 aliphatic heterocycles. The van der Waals surface area contributed by atoms with E-state index < -0.39 is 0 Å². The van der Waals surface area contributed by atoms with E-state index in [0.29, 0.717) is 35.2 Å². The Morgan fingerprint density at radius 3 is 2.30 bits per heavy atom. The normalized spacial score (nSPS) is 23.2. The number of methoxy groups -OCH3 is 2. The maximum atomic E-state index is 12.2. The highest BCUT2D eigenvalue weighted by atomic mass is 35.5. The van der Waals surface area contributed by atoms with Crippen LogP contribution in [0.4, 0.5) is 0 Å². The molecule has 0 aromatic heterocycles. The first-order valence-electron chi connectivity index (χ1n) is 6.31. The van der Waals surface area contributed by atoms with Gasteiger partial charge in [0.1, 0.15) is 0 Å². The van der Waals surface area contributed by atoms with Crippen molar-refractivity contribution < 1.29 is 14.3 Å². The first-order valence-corrected chi connectivity index (χ1v) is 7.07. The fourth-order valence-electron chi connectivity index (χ4n) is 2.36. The van der Waals surface area contributed by atoms with Gasteiger partial charge in [0, 0.05) is 32.9 Å². The zero-order chi connectivity index (χ0) is 14.7. The zero-order valence-corrected chi connectivity index (χ0v) is 12.9. The Hall–Kier alpha value is -0.650. The summed E-state index contributed by atoms with van der Waals surface area (Å²) < 4.78 is 10.7. The van der Waals surface area contributed by atoms with Crippen LogP contribution < -0.4 is 0 Å². The van der Waals surface area contributed by atoms with Crippen molar-refractivity contribution in [3.8, 4) is 0 Å². The monoisotopic (exact) mass is 317 g/mol. The van der Waals surface area contributed by atoms with Crippen LogP contribution in [-0.4, -0.2) is 56.7 Å². The Morgan fingerprint density at radius 1 is 1.20 bits per heavy atom. The van der Waals surface area contributed by atoms with Crippen molar-refractivity contribution in [1.82, 2.24) is 4.90 Å². The number of ketones is 1. The minimum absolute atomic E-state index is 0.00149. The maximum absolute atomic E-state index is 12.2. The predicted octanol–water partition coefficient (Wildman–Crippen LogP) is 2.52. The van der Waals surface area contributed by atoms with E-state index in [1.165, 1.54) is 0 Å². The summed E-state index contributed by atoms with van der Waals surface area (Å²) in [5.74, 6) is 0.00942. The molecule has 1 aromatic carbocycles. The van der Waals surface area contributed by atoms with Gasteiger partial charge < -0.3 is 9.47 Å². The van der Waals surface area contributed by atoms with E-state index in [4.69, 9.17) is 32.7 Å². The number of benzene rings is 1. The molecule has 1 aromatic rings. The number of rotatable bonds is 5. The molecule has 1 aliphatic rings. The van der Waals surface area contributed by atoms with E-state index in [9.17, 15) is 4.79 Å². The molecule has 2 unspecified atom stereocenters. The SMILES string of the molecule is COC1CN(CC(=O)c2ccc(Cl)c(Cl)c2)CC1OC. The van der Waals surface area contributed by atoms with Crippen LogP contribution in [0.25, 0.3) is 0 Å². The molecule has 4 nitrogen and oxygen atoms in total. The molecular weight excluding hydrogens is 301 g/mol. The van der Waals surface area contributed by atoms with Crippen LogP contribution in [0.2, 0.25) is 10.0 Å². The second-order valence-electron chi connectivity index (χ2n) is 4.79. The topological polar surface area (TPSA) is 38.8 Å². The van der Waals surface area contributed by atoms with Gasteiger partial charge in [0.15, 0.2) is 5.78 Å². The van der Waals surface area contributed by atoms with Crippen molar-refractivity contribution in [3.63, 3.8) is 0 Å². The zero-order valence-electron chi connectivity index (χ0n) is 11.4. The molecule has 0 N–H and O–H groups in total. The number of ether oxygens (including phenoxy) is 2. The highest BCUT2D eigenvalue weighted by molar-refractivity contribution is 6.42. The Labute approximate surface area is 128 Å². The van der Waals surface area contributed by atoms with Crippen LogP contribution in [0, 0.1) is 0 Å². The summed E-state index contributed by atoms with van der Waals surface area (Å²) in [6.07, 6.45) is 0.00297. The second kappa shape index (κ2) is 6.87. The number of hydrogen-bond donors (Lipinski definition) is 0. The first-order chi connectivity index (χ1) is 9.55. The van der Waals surface area contributed by atoms with Crippen molar-refractivity contribution in [3.05, 3.63) is 33.8 Å². The maximum Gasteiger partial charge on any atom is 0.176 e. The Balaban J connectivity index is 2.00. The number of likely N-dealkylation sites (tertiary alicyclic amines) is 1. The lowest BCUT2D eigenvalue weighted by atomic mass is 10.1. The van der Waals surface area contributed by atoms with Crippen LogP contribution in [0.1, 0.15) is 10.4 Å². The number of hydrogen-bond acceptors (Lipinski definition) is 4. The van der Waals surface area contributed by atoms with Gasteiger partial charge in [-0.25, -0.2) is 0 Å². The molecule has 0 bridgehead atoms. The molecule has 2 atom stereocenters. The molecule has 1 saturated heterocycles. The van der Waals surface area contributed by atoms with Gasteiger partial charge in [0.05, 0.1) is 28.8 Å². The standard InChI is InChI=1S/C14H17Cl2NO3/c1-19-13-7-17(8-14(13)20-2)6-12(18)9-3-4-10(15)11(16)5-9/h3-5,13-14H,6-8H2,1-2H3. The van der Waals surface area contributed by atoms with Gasteiger partial charge in [0.25, 0.3) is 0 Å². The van der Waals surface area contributed by atoms with Crippen molar-refractivity contribution in [2.24, 2.45) is 0 Å². The summed E-state index contributed by atoms with van der Waals surface area (Å²) >= 11 is 11.8. The lowest BCUT2D eigenvalue weighted by Crippen LogP contribution is -2.29. The van der Waals surface area contributed by atoms with E-state index >= 15 is 0 Å². The quantitative estimate of drug-likeness (QED) is 0.782. The van der Waals surface area contributed by atoms with Gasteiger partial charge in [-0.15, -0.1) is 0 Å². The summed E-state index contributed by atoms with van der Waals surface area (Å²) in [6.45, 7) is 1.68. The van der Waals surface area contributed by atoms with Crippen LogP contribution in [0.5, 0.6) is 0 Å². The number of nitrogens with zero attached hydrogens (tertiary/aromatic N) is 1. The lowest BCUT2D eigenvalue weighted by Gasteiger charge is -2.14. The summed E-state index contributed by atoms with van der Waals surface area (Å²) in [6, 6.07) is 4.93. The van der Waals surface area contributed by atoms with E-state index in [1.54, 1.807) is 32.4 Å². The third kappa shape index (κ3) is 3.51. The van der Waals surface area contributed by atoms with Crippen LogP contribution in [-0.2, 0) is 9.47 Å².